The van der Waals surface area contributed by atoms with Crippen molar-refractivity contribution in [3.05, 3.63) is 0 Å². The number of carboxylic acid groups (broad SMARTS) is 1. The number of carbonyl (C=O) groups excluding carboxylic acids is 1. The molecule has 1 aliphatic carbocycles. The number of rotatable bonds is 8. The smallest absolute Gasteiger partial charge is 0.326 e. The van der Waals surface area contributed by atoms with Crippen molar-refractivity contribution < 1.29 is 14.7 Å². The topological polar surface area (TPSA) is 78.4 Å². The van der Waals surface area contributed by atoms with Gasteiger partial charge in [-0.15, -0.1) is 0 Å². The van der Waals surface area contributed by atoms with Crippen molar-refractivity contribution in [3.8, 4) is 0 Å². The number of hydrogen-bond acceptors (Lipinski definition) is 2. The van der Waals surface area contributed by atoms with Crippen LogP contribution in [0, 0.1) is 11.3 Å². The molecule has 0 aromatic carbocycles. The highest BCUT2D eigenvalue weighted by molar-refractivity contribution is 5.82. The third kappa shape index (κ3) is 5.49. The molecule has 3 N–H and O–H groups in total. The zero-order valence-electron chi connectivity index (χ0n) is 12.2. The largest absolute Gasteiger partial charge is 0.480 e. The van der Waals surface area contributed by atoms with Crippen molar-refractivity contribution >= 4 is 12.0 Å². The molecule has 19 heavy (non-hydrogen) atoms. The minimum absolute atomic E-state index is 0.233. The van der Waals surface area contributed by atoms with E-state index in [4.69, 9.17) is 5.11 Å². The maximum Gasteiger partial charge on any atom is 0.326 e. The van der Waals surface area contributed by atoms with Crippen LogP contribution in [0.4, 0.5) is 4.79 Å². The lowest BCUT2D eigenvalue weighted by atomic mass is 10.0. The standard InChI is InChI=1S/C14H26N2O3/c1-4-5-14(6-7-14)9-15-13(19)16-11(12(17)18)8-10(2)3/h10-11H,4-9H2,1-3H3,(H,17,18)(H2,15,16,19)/t11-/m0/s1. The molecule has 0 heterocycles. The summed E-state index contributed by atoms with van der Waals surface area (Å²) in [5, 5.41) is 14.4. The SMILES string of the molecule is CCCC1(CNC(=O)N[C@@H](CC(C)C)C(=O)O)CC1. The van der Waals surface area contributed by atoms with E-state index >= 15 is 0 Å². The Morgan fingerprint density at radius 3 is 2.37 bits per heavy atom. The van der Waals surface area contributed by atoms with Gasteiger partial charge in [-0.2, -0.15) is 0 Å². The Kier molecular flexibility index (Phi) is 5.63. The van der Waals surface area contributed by atoms with E-state index in [-0.39, 0.29) is 17.4 Å². The number of nitrogens with one attached hydrogen (secondary N) is 2. The van der Waals surface area contributed by atoms with Crippen molar-refractivity contribution in [1.82, 2.24) is 10.6 Å². The van der Waals surface area contributed by atoms with E-state index in [1.807, 2.05) is 13.8 Å². The molecule has 5 heteroatoms. The summed E-state index contributed by atoms with van der Waals surface area (Å²) in [5.41, 5.74) is 0.281. The fourth-order valence-corrected chi connectivity index (χ4v) is 2.39. The van der Waals surface area contributed by atoms with E-state index < -0.39 is 12.0 Å². The van der Waals surface area contributed by atoms with Gasteiger partial charge in [0, 0.05) is 6.54 Å². The molecule has 0 aliphatic heterocycles. The van der Waals surface area contributed by atoms with Crippen molar-refractivity contribution in [2.45, 2.75) is 58.9 Å². The monoisotopic (exact) mass is 270 g/mol. The molecule has 2 amide bonds. The predicted molar refractivity (Wildman–Crippen MR) is 74.0 cm³/mol. The lowest BCUT2D eigenvalue weighted by Crippen LogP contribution is -2.47. The molecular formula is C14H26N2O3. The molecule has 110 valence electrons. The van der Waals surface area contributed by atoms with Gasteiger partial charge < -0.3 is 15.7 Å². The Morgan fingerprint density at radius 2 is 1.95 bits per heavy atom. The number of aliphatic carboxylic acids is 1. The van der Waals surface area contributed by atoms with Gasteiger partial charge in [0.15, 0.2) is 0 Å². The van der Waals surface area contributed by atoms with Crippen LogP contribution in [-0.4, -0.2) is 29.7 Å². The van der Waals surface area contributed by atoms with Gasteiger partial charge >= 0.3 is 12.0 Å². The molecule has 0 saturated heterocycles. The van der Waals surface area contributed by atoms with Crippen molar-refractivity contribution in [3.63, 3.8) is 0 Å². The first kappa shape index (κ1) is 15.8. The third-order valence-electron chi connectivity index (χ3n) is 3.67. The van der Waals surface area contributed by atoms with E-state index in [0.29, 0.717) is 13.0 Å². The normalized spacial score (nSPS) is 17.9. The minimum atomic E-state index is -0.974. The molecule has 0 aromatic heterocycles. The van der Waals surface area contributed by atoms with Gasteiger partial charge in [-0.05, 0) is 37.0 Å². The van der Waals surface area contributed by atoms with Gasteiger partial charge in [-0.1, -0.05) is 27.2 Å². The highest BCUT2D eigenvalue weighted by Gasteiger charge is 2.41. The number of urea groups is 1. The number of amides is 2. The van der Waals surface area contributed by atoms with Crippen LogP contribution >= 0.6 is 0 Å². The second-order valence-corrected chi connectivity index (χ2v) is 6.10. The van der Waals surface area contributed by atoms with Crippen LogP contribution in [0.15, 0.2) is 0 Å². The molecule has 1 atom stereocenters. The van der Waals surface area contributed by atoms with Crippen LogP contribution in [0.25, 0.3) is 0 Å². The molecule has 0 aromatic rings. The average molecular weight is 270 g/mol. The number of carbonyl (C=O) groups is 2. The summed E-state index contributed by atoms with van der Waals surface area (Å²) in [6, 6.07) is -1.17. The molecule has 1 saturated carbocycles. The summed E-state index contributed by atoms with van der Waals surface area (Å²) in [5.74, 6) is -0.741. The second kappa shape index (κ2) is 6.78. The lowest BCUT2D eigenvalue weighted by molar-refractivity contribution is -0.139. The van der Waals surface area contributed by atoms with Crippen LogP contribution in [-0.2, 0) is 4.79 Å². The number of carboxylic acids is 1. The van der Waals surface area contributed by atoms with Crippen LogP contribution in [0.5, 0.6) is 0 Å². The van der Waals surface area contributed by atoms with Gasteiger partial charge in [0.1, 0.15) is 6.04 Å². The van der Waals surface area contributed by atoms with E-state index in [9.17, 15) is 9.59 Å². The zero-order chi connectivity index (χ0) is 14.5. The van der Waals surface area contributed by atoms with Gasteiger partial charge in [0.05, 0.1) is 0 Å². The molecule has 0 bridgehead atoms. The molecule has 0 spiro atoms. The molecule has 1 fully saturated rings. The summed E-state index contributed by atoms with van der Waals surface area (Å²) in [4.78, 5) is 22.8. The van der Waals surface area contributed by atoms with Gasteiger partial charge in [0.25, 0.3) is 0 Å². The Morgan fingerprint density at radius 1 is 1.32 bits per heavy atom. The lowest BCUT2D eigenvalue weighted by Gasteiger charge is -2.19. The first-order valence-electron chi connectivity index (χ1n) is 7.16. The first-order valence-corrected chi connectivity index (χ1v) is 7.16. The molecule has 5 nitrogen and oxygen atoms in total. The fourth-order valence-electron chi connectivity index (χ4n) is 2.39. The van der Waals surface area contributed by atoms with Crippen molar-refractivity contribution in [1.29, 1.82) is 0 Å². The van der Waals surface area contributed by atoms with Gasteiger partial charge in [-0.25, -0.2) is 9.59 Å². The summed E-state index contributed by atoms with van der Waals surface area (Å²) < 4.78 is 0. The van der Waals surface area contributed by atoms with E-state index in [2.05, 4.69) is 17.6 Å². The summed E-state index contributed by atoms with van der Waals surface area (Å²) in [7, 11) is 0. The third-order valence-corrected chi connectivity index (χ3v) is 3.67. The maximum atomic E-state index is 11.7. The Labute approximate surface area is 115 Å². The van der Waals surface area contributed by atoms with Crippen LogP contribution < -0.4 is 10.6 Å². The number of hydrogen-bond donors (Lipinski definition) is 3. The molecule has 0 radical (unpaired) electrons. The van der Waals surface area contributed by atoms with Crippen LogP contribution in [0.1, 0.15) is 52.9 Å². The van der Waals surface area contributed by atoms with Gasteiger partial charge in [-0.3, -0.25) is 0 Å². The van der Waals surface area contributed by atoms with Gasteiger partial charge in [0.2, 0.25) is 0 Å². The summed E-state index contributed by atoms with van der Waals surface area (Å²) in [6.07, 6.45) is 5.02. The molecular weight excluding hydrogens is 244 g/mol. The molecule has 0 unspecified atom stereocenters. The Bertz CT molecular complexity index is 325. The zero-order valence-corrected chi connectivity index (χ0v) is 12.2. The molecule has 1 rings (SSSR count). The van der Waals surface area contributed by atoms with Crippen molar-refractivity contribution in [2.75, 3.05) is 6.54 Å². The predicted octanol–water partition coefficient (Wildman–Crippen LogP) is 2.37. The van der Waals surface area contributed by atoms with E-state index in [1.165, 1.54) is 0 Å². The van der Waals surface area contributed by atoms with Crippen LogP contribution in [0.2, 0.25) is 0 Å². The maximum absolute atomic E-state index is 11.7. The summed E-state index contributed by atoms with van der Waals surface area (Å²) >= 11 is 0. The van der Waals surface area contributed by atoms with Crippen molar-refractivity contribution in [2.24, 2.45) is 11.3 Å². The Balaban J connectivity index is 2.34. The summed E-state index contributed by atoms with van der Waals surface area (Å²) in [6.45, 7) is 6.68. The molecule has 1 aliphatic rings. The van der Waals surface area contributed by atoms with Crippen LogP contribution in [0.3, 0.4) is 0 Å². The highest BCUT2D eigenvalue weighted by Crippen LogP contribution is 2.48. The average Bonchev–Trinajstić information content (AvgIpc) is 3.06. The fraction of sp³-hybridized carbons (Fsp3) is 0.857. The first-order chi connectivity index (χ1) is 8.88. The Hall–Kier alpha value is -1.26. The minimum Gasteiger partial charge on any atom is -0.480 e. The second-order valence-electron chi connectivity index (χ2n) is 6.10. The van der Waals surface area contributed by atoms with E-state index in [1.54, 1.807) is 0 Å². The highest BCUT2D eigenvalue weighted by atomic mass is 16.4. The van der Waals surface area contributed by atoms with E-state index in [0.717, 1.165) is 25.7 Å². The quantitative estimate of drug-likeness (QED) is 0.633.